The second-order valence-corrected chi connectivity index (χ2v) is 6.75. The molecule has 1 aliphatic rings. The second-order valence-electron chi connectivity index (χ2n) is 5.45. The van der Waals surface area contributed by atoms with Crippen LogP contribution < -0.4 is 5.32 Å². The van der Waals surface area contributed by atoms with E-state index in [1.807, 2.05) is 18.5 Å². The number of thioether (sulfide) groups is 1. The number of tetrazole rings is 1. The smallest absolute Gasteiger partial charge is 0.233 e. The van der Waals surface area contributed by atoms with Gasteiger partial charge in [0, 0.05) is 19.8 Å². The van der Waals surface area contributed by atoms with Crippen molar-refractivity contribution in [3.63, 3.8) is 0 Å². The van der Waals surface area contributed by atoms with Crippen LogP contribution in [0.1, 0.15) is 52.0 Å². The highest BCUT2D eigenvalue weighted by Gasteiger charge is 2.24. The third kappa shape index (κ3) is 4.95. The molecule has 7 nitrogen and oxygen atoms in total. The molecule has 0 aliphatic heterocycles. The third-order valence-electron chi connectivity index (χ3n) is 3.75. The van der Waals surface area contributed by atoms with Gasteiger partial charge in [-0.2, -0.15) is 0 Å². The van der Waals surface area contributed by atoms with E-state index < -0.39 is 0 Å². The monoisotopic (exact) mass is 327 g/mol. The Morgan fingerprint density at radius 2 is 2.27 bits per heavy atom. The quantitative estimate of drug-likeness (QED) is 0.550. The minimum absolute atomic E-state index is 0.0162. The van der Waals surface area contributed by atoms with E-state index in [0.717, 1.165) is 24.4 Å². The number of amides is 1. The molecule has 1 heterocycles. The van der Waals surface area contributed by atoms with Gasteiger partial charge in [0.05, 0.1) is 11.3 Å². The summed E-state index contributed by atoms with van der Waals surface area (Å²) in [5, 5.41) is 15.4. The van der Waals surface area contributed by atoms with E-state index in [1.54, 1.807) is 0 Å². The molecular formula is C14H25N5O2S. The summed E-state index contributed by atoms with van der Waals surface area (Å²) in [5.41, 5.74) is 0. The van der Waals surface area contributed by atoms with Gasteiger partial charge in [0.2, 0.25) is 11.1 Å². The zero-order valence-corrected chi connectivity index (χ0v) is 14.1. The van der Waals surface area contributed by atoms with Gasteiger partial charge in [0.25, 0.3) is 0 Å². The summed E-state index contributed by atoms with van der Waals surface area (Å²) in [7, 11) is 0. The van der Waals surface area contributed by atoms with Crippen LogP contribution in [-0.4, -0.2) is 51.1 Å². The van der Waals surface area contributed by atoms with Crippen molar-refractivity contribution in [1.82, 2.24) is 25.5 Å². The van der Waals surface area contributed by atoms with Crippen LogP contribution in [0.25, 0.3) is 0 Å². The Hall–Kier alpha value is -1.15. The topological polar surface area (TPSA) is 81.9 Å². The number of ether oxygens (including phenoxy) is 1. The van der Waals surface area contributed by atoms with Gasteiger partial charge >= 0.3 is 0 Å². The molecule has 1 fully saturated rings. The molecule has 0 radical (unpaired) electrons. The first kappa shape index (κ1) is 17.2. The van der Waals surface area contributed by atoms with Gasteiger partial charge in [-0.3, -0.25) is 4.79 Å². The number of carbonyl (C=O) groups is 1. The zero-order chi connectivity index (χ0) is 15.8. The average molecular weight is 327 g/mol. The molecule has 22 heavy (non-hydrogen) atoms. The average Bonchev–Trinajstić information content (AvgIpc) is 3.17. The lowest BCUT2D eigenvalue weighted by molar-refractivity contribution is -0.120. The van der Waals surface area contributed by atoms with Crippen LogP contribution >= 0.6 is 11.8 Å². The molecule has 1 atom stereocenters. The van der Waals surface area contributed by atoms with Crippen LogP contribution in [0.15, 0.2) is 5.16 Å². The molecule has 1 aliphatic carbocycles. The van der Waals surface area contributed by atoms with Crippen LogP contribution in [0.2, 0.25) is 0 Å². The molecule has 1 N–H and O–H groups in total. The largest absolute Gasteiger partial charge is 0.382 e. The van der Waals surface area contributed by atoms with E-state index in [0.29, 0.717) is 25.8 Å². The first-order chi connectivity index (χ1) is 10.7. The summed E-state index contributed by atoms with van der Waals surface area (Å²) >= 11 is 1.42. The fraction of sp³-hybridized carbons (Fsp3) is 0.857. The summed E-state index contributed by atoms with van der Waals surface area (Å²) in [6.07, 6.45) is 5.53. The third-order valence-corrected chi connectivity index (χ3v) is 4.80. The van der Waals surface area contributed by atoms with E-state index in [9.17, 15) is 4.79 Å². The number of hydrogen-bond donors (Lipinski definition) is 1. The molecule has 0 saturated heterocycles. The number of rotatable bonds is 9. The Bertz CT molecular complexity index is 462. The molecule has 0 bridgehead atoms. The van der Waals surface area contributed by atoms with Crippen molar-refractivity contribution in [2.75, 3.05) is 19.8 Å². The maximum absolute atomic E-state index is 12.1. The van der Waals surface area contributed by atoms with Gasteiger partial charge in [-0.05, 0) is 43.5 Å². The Kier molecular flexibility index (Phi) is 7.11. The first-order valence-corrected chi connectivity index (χ1v) is 8.90. The fourth-order valence-electron chi connectivity index (χ4n) is 2.53. The number of nitrogens with one attached hydrogen (secondary N) is 1. The fourth-order valence-corrected chi connectivity index (χ4v) is 3.41. The van der Waals surface area contributed by atoms with Crippen molar-refractivity contribution in [3.8, 4) is 0 Å². The van der Waals surface area contributed by atoms with Crippen molar-refractivity contribution in [1.29, 1.82) is 0 Å². The van der Waals surface area contributed by atoms with Crippen LogP contribution in [0.5, 0.6) is 0 Å². The molecule has 1 amide bonds. The van der Waals surface area contributed by atoms with Gasteiger partial charge in [-0.15, -0.1) is 5.10 Å². The minimum Gasteiger partial charge on any atom is -0.382 e. The molecule has 0 spiro atoms. The lowest BCUT2D eigenvalue weighted by atomic mass is 10.3. The van der Waals surface area contributed by atoms with E-state index in [2.05, 4.69) is 20.8 Å². The van der Waals surface area contributed by atoms with Crippen molar-refractivity contribution in [3.05, 3.63) is 0 Å². The molecule has 8 heteroatoms. The highest BCUT2D eigenvalue weighted by molar-refractivity contribution is 8.00. The molecule has 124 valence electrons. The maximum Gasteiger partial charge on any atom is 0.233 e. The van der Waals surface area contributed by atoms with Gasteiger partial charge in [0.15, 0.2) is 0 Å². The SMILES string of the molecule is CCOCCCNC(=O)C(C)Sc1nnnn1C1CCCC1. The van der Waals surface area contributed by atoms with E-state index in [4.69, 9.17) is 4.74 Å². The second kappa shape index (κ2) is 9.09. The van der Waals surface area contributed by atoms with Gasteiger partial charge in [-0.25, -0.2) is 4.68 Å². The molecule has 1 aromatic rings. The standard InChI is InChI=1S/C14H25N5O2S/c1-3-21-10-6-9-15-13(20)11(2)22-14-16-17-18-19(14)12-7-4-5-8-12/h11-12H,3-10H2,1-2H3,(H,15,20). The lowest BCUT2D eigenvalue weighted by Gasteiger charge is -2.14. The highest BCUT2D eigenvalue weighted by Crippen LogP contribution is 2.32. The molecule has 1 aromatic heterocycles. The van der Waals surface area contributed by atoms with Crippen LogP contribution in [0, 0.1) is 0 Å². The summed E-state index contributed by atoms with van der Waals surface area (Å²) in [6, 6.07) is 0.388. The molecule has 0 aromatic carbocycles. The summed E-state index contributed by atoms with van der Waals surface area (Å²) in [4.78, 5) is 12.1. The van der Waals surface area contributed by atoms with Crippen molar-refractivity contribution >= 4 is 17.7 Å². The van der Waals surface area contributed by atoms with Crippen LogP contribution in [0.4, 0.5) is 0 Å². The number of nitrogens with zero attached hydrogens (tertiary/aromatic N) is 4. The van der Waals surface area contributed by atoms with Crippen molar-refractivity contribution in [2.45, 2.75) is 62.4 Å². The van der Waals surface area contributed by atoms with Crippen LogP contribution in [0.3, 0.4) is 0 Å². The number of hydrogen-bond acceptors (Lipinski definition) is 6. The van der Waals surface area contributed by atoms with E-state index >= 15 is 0 Å². The Labute approximate surface area is 135 Å². The molecule has 2 rings (SSSR count). The highest BCUT2D eigenvalue weighted by atomic mass is 32.2. The van der Waals surface area contributed by atoms with Crippen molar-refractivity contribution < 1.29 is 9.53 Å². The maximum atomic E-state index is 12.1. The first-order valence-electron chi connectivity index (χ1n) is 8.02. The predicted molar refractivity (Wildman–Crippen MR) is 84.8 cm³/mol. The number of carbonyl (C=O) groups excluding carboxylic acids is 1. The molecular weight excluding hydrogens is 302 g/mol. The molecule has 1 saturated carbocycles. The van der Waals surface area contributed by atoms with E-state index in [1.165, 1.54) is 24.6 Å². The number of aromatic nitrogens is 4. The summed E-state index contributed by atoms with van der Waals surface area (Å²) < 4.78 is 7.13. The van der Waals surface area contributed by atoms with Crippen LogP contribution in [-0.2, 0) is 9.53 Å². The van der Waals surface area contributed by atoms with E-state index in [-0.39, 0.29) is 11.2 Å². The van der Waals surface area contributed by atoms with Gasteiger partial charge in [-0.1, -0.05) is 24.6 Å². The van der Waals surface area contributed by atoms with Crippen molar-refractivity contribution in [2.24, 2.45) is 0 Å². The lowest BCUT2D eigenvalue weighted by Crippen LogP contribution is -2.32. The zero-order valence-electron chi connectivity index (χ0n) is 13.3. The predicted octanol–water partition coefficient (Wildman–Crippen LogP) is 1.81. The Balaban J connectivity index is 1.77. The normalized spacial score (nSPS) is 16.8. The molecule has 1 unspecified atom stereocenters. The Morgan fingerprint density at radius 1 is 1.50 bits per heavy atom. The Morgan fingerprint density at radius 3 is 3.00 bits per heavy atom. The van der Waals surface area contributed by atoms with Gasteiger partial charge in [0.1, 0.15) is 0 Å². The van der Waals surface area contributed by atoms with Gasteiger partial charge < -0.3 is 10.1 Å². The minimum atomic E-state index is -0.210. The summed E-state index contributed by atoms with van der Waals surface area (Å²) in [6.45, 7) is 5.88. The summed E-state index contributed by atoms with van der Waals surface area (Å²) in [5.74, 6) is 0.0162.